The Hall–Kier alpha value is -1.49. The summed E-state index contributed by atoms with van der Waals surface area (Å²) in [6, 6.07) is 2.48. The molecule has 0 radical (unpaired) electrons. The van der Waals surface area contributed by atoms with Crippen LogP contribution in [0, 0.1) is 10.1 Å². The minimum Gasteiger partial charge on any atom is -0.494 e. The number of nitrogen functional groups attached to an aromatic ring is 1. The fraction of sp³-hybridized carbons (Fsp3) is 0.143. The van der Waals surface area contributed by atoms with Crippen molar-refractivity contribution in [2.24, 2.45) is 0 Å². The molecule has 0 amide bonds. The Morgan fingerprint density at radius 3 is 2.69 bits per heavy atom. The summed E-state index contributed by atoms with van der Waals surface area (Å²) in [7, 11) is 1.38. The third-order valence-electron chi connectivity index (χ3n) is 1.50. The molecule has 0 spiro atoms. The highest BCUT2D eigenvalue weighted by atomic mass is 35.5. The molecule has 0 unspecified atom stereocenters. The van der Waals surface area contributed by atoms with Gasteiger partial charge in [0.25, 0.3) is 5.69 Å². The SMILES string of the molecule is COc1cc([N+](=O)[O-])c(Cl)cc1N. The molecule has 0 fully saturated rings. The number of nitro groups is 1. The van der Waals surface area contributed by atoms with Crippen molar-refractivity contribution >= 4 is 23.0 Å². The number of hydrogen-bond donors (Lipinski definition) is 1. The molecule has 0 aliphatic carbocycles. The lowest BCUT2D eigenvalue weighted by molar-refractivity contribution is -0.384. The first kappa shape index (κ1) is 9.60. The summed E-state index contributed by atoms with van der Waals surface area (Å²) >= 11 is 5.58. The Morgan fingerprint density at radius 1 is 1.62 bits per heavy atom. The summed E-state index contributed by atoms with van der Waals surface area (Å²) in [5, 5.41) is 10.4. The number of hydrogen-bond acceptors (Lipinski definition) is 4. The van der Waals surface area contributed by atoms with Gasteiger partial charge in [0.2, 0.25) is 0 Å². The van der Waals surface area contributed by atoms with Crippen LogP contribution in [-0.2, 0) is 0 Å². The van der Waals surface area contributed by atoms with Crippen LogP contribution in [0.3, 0.4) is 0 Å². The molecule has 2 N–H and O–H groups in total. The van der Waals surface area contributed by atoms with Gasteiger partial charge in [-0.1, -0.05) is 11.6 Å². The number of ether oxygens (including phenoxy) is 1. The average Bonchev–Trinajstić information content (AvgIpc) is 2.03. The van der Waals surface area contributed by atoms with Crippen LogP contribution in [0.15, 0.2) is 12.1 Å². The topological polar surface area (TPSA) is 78.4 Å². The molecule has 70 valence electrons. The number of nitro benzene ring substituents is 1. The maximum absolute atomic E-state index is 10.4. The first-order chi connectivity index (χ1) is 6.06. The zero-order valence-electron chi connectivity index (χ0n) is 6.78. The van der Waals surface area contributed by atoms with E-state index in [4.69, 9.17) is 22.1 Å². The number of halogens is 1. The summed E-state index contributed by atoms with van der Waals surface area (Å²) in [6.07, 6.45) is 0. The van der Waals surface area contributed by atoms with Gasteiger partial charge >= 0.3 is 0 Å². The minimum atomic E-state index is -0.593. The van der Waals surface area contributed by atoms with Crippen molar-refractivity contribution in [2.75, 3.05) is 12.8 Å². The molecule has 1 rings (SSSR count). The molecule has 1 aromatic carbocycles. The van der Waals surface area contributed by atoms with Gasteiger partial charge in [0.15, 0.2) is 0 Å². The molecule has 1 aromatic rings. The van der Waals surface area contributed by atoms with Crippen LogP contribution in [0.1, 0.15) is 0 Å². The standard InChI is InChI=1S/C7H7ClN2O3/c1-13-7-3-6(10(11)12)4(8)2-5(7)9/h2-3H,9H2,1H3. The van der Waals surface area contributed by atoms with E-state index in [9.17, 15) is 10.1 Å². The Balaban J connectivity index is 3.30. The van der Waals surface area contributed by atoms with Crippen molar-refractivity contribution in [1.82, 2.24) is 0 Å². The van der Waals surface area contributed by atoms with Gasteiger partial charge in [-0.25, -0.2) is 0 Å². The highest BCUT2D eigenvalue weighted by Gasteiger charge is 2.15. The number of nitrogens with two attached hydrogens (primary N) is 1. The second-order valence-corrected chi connectivity index (χ2v) is 2.71. The Bertz CT molecular complexity index is 354. The monoisotopic (exact) mass is 202 g/mol. The van der Waals surface area contributed by atoms with E-state index >= 15 is 0 Å². The maximum atomic E-state index is 10.4. The molecule has 13 heavy (non-hydrogen) atoms. The van der Waals surface area contributed by atoms with E-state index in [1.807, 2.05) is 0 Å². The molecule has 0 saturated carbocycles. The Kier molecular flexibility index (Phi) is 2.57. The van der Waals surface area contributed by atoms with Gasteiger partial charge in [0.05, 0.1) is 23.8 Å². The number of nitrogens with zero attached hydrogens (tertiary/aromatic N) is 1. The third-order valence-corrected chi connectivity index (χ3v) is 1.80. The van der Waals surface area contributed by atoms with Gasteiger partial charge in [0.1, 0.15) is 10.8 Å². The number of benzene rings is 1. The maximum Gasteiger partial charge on any atom is 0.291 e. The molecule has 0 aromatic heterocycles. The van der Waals surface area contributed by atoms with Crippen molar-refractivity contribution in [3.8, 4) is 5.75 Å². The zero-order chi connectivity index (χ0) is 10.0. The van der Waals surface area contributed by atoms with Crippen LogP contribution in [0.25, 0.3) is 0 Å². The lowest BCUT2D eigenvalue weighted by atomic mass is 10.2. The largest absolute Gasteiger partial charge is 0.494 e. The molecule has 0 atom stereocenters. The lowest BCUT2D eigenvalue weighted by Gasteiger charge is -2.04. The van der Waals surface area contributed by atoms with Crippen molar-refractivity contribution in [2.45, 2.75) is 0 Å². The van der Waals surface area contributed by atoms with Crippen molar-refractivity contribution in [3.63, 3.8) is 0 Å². The van der Waals surface area contributed by atoms with E-state index < -0.39 is 4.92 Å². The molecular weight excluding hydrogens is 196 g/mol. The first-order valence-corrected chi connectivity index (χ1v) is 3.71. The highest BCUT2D eigenvalue weighted by molar-refractivity contribution is 6.33. The Labute approximate surface area is 79.2 Å². The first-order valence-electron chi connectivity index (χ1n) is 3.33. The van der Waals surface area contributed by atoms with Gasteiger partial charge < -0.3 is 10.5 Å². The number of rotatable bonds is 2. The van der Waals surface area contributed by atoms with E-state index in [-0.39, 0.29) is 22.1 Å². The molecule has 0 bridgehead atoms. The normalized spacial score (nSPS) is 9.69. The summed E-state index contributed by atoms with van der Waals surface area (Å²) in [5.74, 6) is 0.246. The zero-order valence-corrected chi connectivity index (χ0v) is 7.54. The summed E-state index contributed by atoms with van der Waals surface area (Å²) in [5.41, 5.74) is 5.53. The van der Waals surface area contributed by atoms with Crippen molar-refractivity contribution in [3.05, 3.63) is 27.3 Å². The highest BCUT2D eigenvalue weighted by Crippen LogP contribution is 2.33. The van der Waals surface area contributed by atoms with Crippen LogP contribution >= 0.6 is 11.6 Å². The summed E-state index contributed by atoms with van der Waals surface area (Å²) in [6.45, 7) is 0. The van der Waals surface area contributed by atoms with E-state index in [0.29, 0.717) is 0 Å². The molecule has 5 nitrogen and oxygen atoms in total. The average molecular weight is 203 g/mol. The molecule has 0 heterocycles. The number of methoxy groups -OCH3 is 1. The predicted octanol–water partition coefficient (Wildman–Crippen LogP) is 1.84. The predicted molar refractivity (Wildman–Crippen MR) is 49.1 cm³/mol. The van der Waals surface area contributed by atoms with Crippen molar-refractivity contribution in [1.29, 1.82) is 0 Å². The van der Waals surface area contributed by atoms with E-state index in [1.54, 1.807) is 0 Å². The quantitative estimate of drug-likeness (QED) is 0.451. The second-order valence-electron chi connectivity index (χ2n) is 2.30. The van der Waals surface area contributed by atoms with Gasteiger partial charge in [-0.2, -0.15) is 0 Å². The molecular formula is C7H7ClN2O3. The molecule has 6 heteroatoms. The van der Waals surface area contributed by atoms with Gasteiger partial charge in [-0.3, -0.25) is 10.1 Å². The second kappa shape index (κ2) is 3.49. The van der Waals surface area contributed by atoms with E-state index in [2.05, 4.69) is 0 Å². The fourth-order valence-electron chi connectivity index (χ4n) is 0.875. The van der Waals surface area contributed by atoms with Crippen LogP contribution in [0.4, 0.5) is 11.4 Å². The van der Waals surface area contributed by atoms with Crippen LogP contribution in [0.2, 0.25) is 5.02 Å². The van der Waals surface area contributed by atoms with Crippen LogP contribution in [0.5, 0.6) is 5.75 Å². The van der Waals surface area contributed by atoms with Crippen LogP contribution < -0.4 is 10.5 Å². The van der Waals surface area contributed by atoms with Crippen molar-refractivity contribution < 1.29 is 9.66 Å². The summed E-state index contributed by atoms with van der Waals surface area (Å²) < 4.78 is 4.80. The van der Waals surface area contributed by atoms with Gasteiger partial charge in [-0.15, -0.1) is 0 Å². The van der Waals surface area contributed by atoms with Crippen LogP contribution in [-0.4, -0.2) is 12.0 Å². The fourth-order valence-corrected chi connectivity index (χ4v) is 1.12. The molecule has 0 saturated heterocycles. The molecule has 0 aliphatic rings. The van der Waals surface area contributed by atoms with Gasteiger partial charge in [-0.05, 0) is 6.07 Å². The number of anilines is 1. The summed E-state index contributed by atoms with van der Waals surface area (Å²) in [4.78, 5) is 9.83. The minimum absolute atomic E-state index is 0.00306. The third kappa shape index (κ3) is 1.81. The van der Waals surface area contributed by atoms with Gasteiger partial charge in [0, 0.05) is 0 Å². The van der Waals surface area contributed by atoms with E-state index in [0.717, 1.165) is 0 Å². The smallest absolute Gasteiger partial charge is 0.291 e. The molecule has 0 aliphatic heterocycles. The van der Waals surface area contributed by atoms with E-state index in [1.165, 1.54) is 19.2 Å². The lowest BCUT2D eigenvalue weighted by Crippen LogP contribution is -1.95. The Morgan fingerprint density at radius 2 is 2.23 bits per heavy atom.